The minimum absolute atomic E-state index is 0.300. The number of aliphatic hydroxyl groups is 1. The average Bonchev–Trinajstić information content (AvgIpc) is 2.70. The number of nitrogens with zero attached hydrogens (tertiary/aromatic N) is 1. The number of rotatable bonds is 2. The van der Waals surface area contributed by atoms with E-state index in [-0.39, 0.29) is 6.10 Å². The quantitative estimate of drug-likeness (QED) is 0.749. The summed E-state index contributed by atoms with van der Waals surface area (Å²) in [5.74, 6) is 1.00. The van der Waals surface area contributed by atoms with Gasteiger partial charge in [-0.15, -0.1) is 0 Å². The number of aldehydes is 1. The molecule has 2 rings (SSSR count). The standard InChI is InChI=1S/C11H15NO3/c1-8-2-3-9(14)6-12(8)11-5-4-10(7-13)15-11/h4-5,7-9,14H,2-3,6H2,1H3. The number of piperidine rings is 1. The molecule has 1 aliphatic heterocycles. The van der Waals surface area contributed by atoms with Gasteiger partial charge in [-0.3, -0.25) is 4.79 Å². The second-order valence-electron chi connectivity index (χ2n) is 4.03. The van der Waals surface area contributed by atoms with Crippen molar-refractivity contribution < 1.29 is 14.3 Å². The van der Waals surface area contributed by atoms with Gasteiger partial charge in [0.25, 0.3) is 0 Å². The van der Waals surface area contributed by atoms with Gasteiger partial charge in [-0.1, -0.05) is 0 Å². The third-order valence-electron chi connectivity index (χ3n) is 2.87. The second kappa shape index (κ2) is 4.06. The van der Waals surface area contributed by atoms with Crippen LogP contribution in [0, 0.1) is 0 Å². The molecule has 1 fully saturated rings. The minimum atomic E-state index is -0.300. The monoisotopic (exact) mass is 209 g/mol. The van der Waals surface area contributed by atoms with Crippen molar-refractivity contribution in [3.05, 3.63) is 17.9 Å². The lowest BCUT2D eigenvalue weighted by Crippen LogP contribution is -2.44. The van der Waals surface area contributed by atoms with Crippen molar-refractivity contribution in [3.8, 4) is 0 Å². The molecule has 0 aliphatic carbocycles. The van der Waals surface area contributed by atoms with Crippen LogP contribution in [0.3, 0.4) is 0 Å². The number of aliphatic hydroxyl groups excluding tert-OH is 1. The van der Waals surface area contributed by atoms with Crippen LogP contribution in [0.5, 0.6) is 0 Å². The molecule has 1 saturated heterocycles. The fourth-order valence-electron chi connectivity index (χ4n) is 1.95. The molecule has 0 bridgehead atoms. The molecule has 82 valence electrons. The molecule has 0 amide bonds. The molecule has 0 saturated carbocycles. The first-order valence-electron chi connectivity index (χ1n) is 5.20. The Hall–Kier alpha value is -1.29. The van der Waals surface area contributed by atoms with E-state index in [2.05, 4.69) is 6.92 Å². The topological polar surface area (TPSA) is 53.7 Å². The van der Waals surface area contributed by atoms with Crippen LogP contribution >= 0.6 is 0 Å². The van der Waals surface area contributed by atoms with Crippen LogP contribution in [0.25, 0.3) is 0 Å². The summed E-state index contributed by atoms with van der Waals surface area (Å²) in [6.45, 7) is 2.67. The first-order valence-corrected chi connectivity index (χ1v) is 5.20. The summed E-state index contributed by atoms with van der Waals surface area (Å²) in [6, 6.07) is 3.77. The van der Waals surface area contributed by atoms with Gasteiger partial charge in [0.05, 0.1) is 6.10 Å². The van der Waals surface area contributed by atoms with Crippen LogP contribution in [0.2, 0.25) is 0 Å². The van der Waals surface area contributed by atoms with Gasteiger partial charge in [-0.25, -0.2) is 0 Å². The molecular formula is C11H15NO3. The van der Waals surface area contributed by atoms with E-state index in [1.165, 1.54) is 0 Å². The molecule has 0 aromatic carbocycles. The first-order chi connectivity index (χ1) is 7.20. The van der Waals surface area contributed by atoms with Gasteiger partial charge in [-0.05, 0) is 25.8 Å². The van der Waals surface area contributed by atoms with E-state index in [1.54, 1.807) is 12.1 Å². The van der Waals surface area contributed by atoms with Crippen molar-refractivity contribution in [2.24, 2.45) is 0 Å². The van der Waals surface area contributed by atoms with Crippen LogP contribution in [-0.2, 0) is 0 Å². The zero-order valence-corrected chi connectivity index (χ0v) is 8.72. The Kier molecular flexibility index (Phi) is 2.77. The summed E-state index contributed by atoms with van der Waals surface area (Å²) in [7, 11) is 0. The predicted octanol–water partition coefficient (Wildman–Crippen LogP) is 1.44. The molecule has 1 aromatic rings. The molecule has 2 unspecified atom stereocenters. The van der Waals surface area contributed by atoms with Crippen LogP contribution < -0.4 is 4.90 Å². The number of β-amino-alcohol motifs (C(OH)–C–C–N with tert-alkyl or cyclic N) is 1. The van der Waals surface area contributed by atoms with Gasteiger partial charge < -0.3 is 14.4 Å². The van der Waals surface area contributed by atoms with Crippen molar-refractivity contribution in [1.82, 2.24) is 0 Å². The highest BCUT2D eigenvalue weighted by Gasteiger charge is 2.26. The van der Waals surface area contributed by atoms with Crippen LogP contribution in [-0.4, -0.2) is 30.1 Å². The Morgan fingerprint density at radius 3 is 3.00 bits per heavy atom. The maximum absolute atomic E-state index is 10.5. The molecular weight excluding hydrogens is 194 g/mol. The molecule has 2 atom stereocenters. The zero-order chi connectivity index (χ0) is 10.8. The number of hydrogen-bond acceptors (Lipinski definition) is 4. The SMILES string of the molecule is CC1CCC(O)CN1c1ccc(C=O)o1. The van der Waals surface area contributed by atoms with Gasteiger partial charge in [0.1, 0.15) is 0 Å². The number of carbonyl (C=O) groups excluding carboxylic acids is 1. The number of furan rings is 1. The van der Waals surface area contributed by atoms with E-state index in [4.69, 9.17) is 4.42 Å². The summed E-state index contributed by atoms with van der Waals surface area (Å²) in [5, 5.41) is 9.57. The van der Waals surface area contributed by atoms with Gasteiger partial charge in [0.2, 0.25) is 0 Å². The largest absolute Gasteiger partial charge is 0.438 e. The molecule has 0 spiro atoms. The normalized spacial score (nSPS) is 26.7. The van der Waals surface area contributed by atoms with E-state index in [9.17, 15) is 9.90 Å². The Morgan fingerprint density at radius 1 is 1.53 bits per heavy atom. The number of hydrogen-bond donors (Lipinski definition) is 1. The summed E-state index contributed by atoms with van der Waals surface area (Å²) in [4.78, 5) is 12.5. The summed E-state index contributed by atoms with van der Waals surface area (Å²) < 4.78 is 5.34. The van der Waals surface area contributed by atoms with Crippen molar-refractivity contribution >= 4 is 12.2 Å². The molecule has 1 aromatic heterocycles. The lowest BCUT2D eigenvalue weighted by Gasteiger charge is -2.35. The molecule has 2 heterocycles. The van der Waals surface area contributed by atoms with Gasteiger partial charge >= 0.3 is 0 Å². The lowest BCUT2D eigenvalue weighted by molar-refractivity contribution is 0.109. The zero-order valence-electron chi connectivity index (χ0n) is 8.72. The fourth-order valence-corrected chi connectivity index (χ4v) is 1.95. The van der Waals surface area contributed by atoms with E-state index in [1.807, 2.05) is 4.90 Å². The van der Waals surface area contributed by atoms with Gasteiger partial charge in [0.15, 0.2) is 17.9 Å². The van der Waals surface area contributed by atoms with E-state index >= 15 is 0 Å². The smallest absolute Gasteiger partial charge is 0.196 e. The predicted molar refractivity (Wildman–Crippen MR) is 56.1 cm³/mol. The summed E-state index contributed by atoms with van der Waals surface area (Å²) in [6.07, 6.45) is 2.16. The highest BCUT2D eigenvalue weighted by molar-refractivity contribution is 5.71. The molecule has 0 radical (unpaired) electrons. The first kappa shape index (κ1) is 10.2. The van der Waals surface area contributed by atoms with Crippen LogP contribution in [0.1, 0.15) is 30.3 Å². The van der Waals surface area contributed by atoms with Crippen LogP contribution in [0.15, 0.2) is 16.5 Å². The molecule has 4 heteroatoms. The molecule has 4 nitrogen and oxygen atoms in total. The maximum Gasteiger partial charge on any atom is 0.196 e. The average molecular weight is 209 g/mol. The van der Waals surface area contributed by atoms with Gasteiger partial charge in [0, 0.05) is 18.7 Å². The van der Waals surface area contributed by atoms with E-state index < -0.39 is 0 Å². The highest BCUT2D eigenvalue weighted by Crippen LogP contribution is 2.26. The van der Waals surface area contributed by atoms with Crippen molar-refractivity contribution in [1.29, 1.82) is 0 Å². The van der Waals surface area contributed by atoms with Crippen molar-refractivity contribution in [2.45, 2.75) is 31.9 Å². The molecule has 1 N–H and O–H groups in total. The third kappa shape index (κ3) is 2.04. The lowest BCUT2D eigenvalue weighted by atomic mass is 10.0. The minimum Gasteiger partial charge on any atom is -0.438 e. The number of anilines is 1. The molecule has 15 heavy (non-hydrogen) atoms. The summed E-state index contributed by atoms with van der Waals surface area (Å²) >= 11 is 0. The van der Waals surface area contributed by atoms with Crippen molar-refractivity contribution in [3.63, 3.8) is 0 Å². The fraction of sp³-hybridized carbons (Fsp3) is 0.545. The third-order valence-corrected chi connectivity index (χ3v) is 2.87. The Balaban J connectivity index is 2.17. The highest BCUT2D eigenvalue weighted by atomic mass is 16.4. The molecule has 1 aliphatic rings. The van der Waals surface area contributed by atoms with Crippen molar-refractivity contribution in [2.75, 3.05) is 11.4 Å². The van der Waals surface area contributed by atoms with Gasteiger partial charge in [-0.2, -0.15) is 0 Å². The van der Waals surface area contributed by atoms with Crippen LogP contribution in [0.4, 0.5) is 5.88 Å². The Labute approximate surface area is 88.5 Å². The van der Waals surface area contributed by atoms with E-state index in [0.29, 0.717) is 30.5 Å². The Morgan fingerprint density at radius 2 is 2.33 bits per heavy atom. The maximum atomic E-state index is 10.5. The second-order valence-corrected chi connectivity index (χ2v) is 4.03. The summed E-state index contributed by atoms with van der Waals surface area (Å²) in [5.41, 5.74) is 0. The van der Waals surface area contributed by atoms with E-state index in [0.717, 1.165) is 12.8 Å². The number of carbonyl (C=O) groups is 1. The Bertz CT molecular complexity index is 347.